The van der Waals surface area contributed by atoms with Crippen molar-refractivity contribution in [1.82, 2.24) is 10.2 Å². The molecule has 0 aromatic heterocycles. The van der Waals surface area contributed by atoms with Crippen molar-refractivity contribution in [2.75, 3.05) is 20.8 Å². The first-order valence-electron chi connectivity index (χ1n) is 8.25. The lowest BCUT2D eigenvalue weighted by atomic mass is 9.86. The van der Waals surface area contributed by atoms with E-state index >= 15 is 0 Å². The van der Waals surface area contributed by atoms with Gasteiger partial charge in [-0.1, -0.05) is 6.92 Å². The van der Waals surface area contributed by atoms with Crippen LogP contribution in [0.25, 0.3) is 0 Å². The van der Waals surface area contributed by atoms with Gasteiger partial charge in [0.05, 0.1) is 20.3 Å². The van der Waals surface area contributed by atoms with Crippen molar-refractivity contribution in [2.45, 2.75) is 38.5 Å². The van der Waals surface area contributed by atoms with Crippen LogP contribution in [0.5, 0.6) is 0 Å². The Morgan fingerprint density at radius 1 is 1.15 bits per heavy atom. The van der Waals surface area contributed by atoms with Gasteiger partial charge in [-0.2, -0.15) is 0 Å². The predicted molar refractivity (Wildman–Crippen MR) is 89.6 cm³/mol. The lowest BCUT2D eigenvalue weighted by Crippen LogP contribution is -2.56. The third-order valence-corrected chi connectivity index (χ3v) is 4.55. The summed E-state index contributed by atoms with van der Waals surface area (Å²) in [7, 11) is 2.13. The molecule has 152 valence electrons. The Hall–Kier alpha value is -2.69. The number of aliphatic hydroxyl groups is 1. The second kappa shape index (κ2) is 9.31. The number of methoxy groups -OCH3 is 2. The topological polar surface area (TPSA) is 165 Å². The minimum absolute atomic E-state index is 0.0112. The van der Waals surface area contributed by atoms with Gasteiger partial charge >= 0.3 is 11.9 Å². The standard InChI is InChI=1S/C16H25N3O8/c1-7(11(15(24)26-3)16(25)27-4)12(13(17)22)18-14(23)10-5-9(21)6-19(10)8(2)20/h7,9-12,21H,5-6H2,1-4H3,(H2,17,22)(H,18,23)/t7-,9-,10+,12+/m1/s1. The fourth-order valence-corrected chi connectivity index (χ4v) is 3.09. The number of likely N-dealkylation sites (tertiary alicyclic amines) is 1. The van der Waals surface area contributed by atoms with Crippen molar-refractivity contribution in [3.63, 3.8) is 0 Å². The van der Waals surface area contributed by atoms with Crippen molar-refractivity contribution in [3.8, 4) is 0 Å². The summed E-state index contributed by atoms with van der Waals surface area (Å²) in [5.41, 5.74) is 5.34. The van der Waals surface area contributed by atoms with E-state index in [0.29, 0.717) is 0 Å². The molecule has 27 heavy (non-hydrogen) atoms. The second-order valence-electron chi connectivity index (χ2n) is 6.35. The zero-order valence-corrected chi connectivity index (χ0v) is 15.6. The van der Waals surface area contributed by atoms with Crippen LogP contribution < -0.4 is 11.1 Å². The van der Waals surface area contributed by atoms with Gasteiger partial charge in [0, 0.05) is 25.8 Å². The summed E-state index contributed by atoms with van der Waals surface area (Å²) in [6, 6.07) is -2.41. The number of carbonyl (C=O) groups is 5. The van der Waals surface area contributed by atoms with Crippen molar-refractivity contribution in [1.29, 1.82) is 0 Å². The van der Waals surface area contributed by atoms with Crippen molar-refractivity contribution < 1.29 is 38.6 Å². The highest BCUT2D eigenvalue weighted by Gasteiger charge is 2.44. The van der Waals surface area contributed by atoms with Gasteiger partial charge in [0.25, 0.3) is 0 Å². The fourth-order valence-electron chi connectivity index (χ4n) is 3.09. The average molecular weight is 387 g/mol. The first-order chi connectivity index (χ1) is 12.5. The molecule has 4 atom stereocenters. The first-order valence-corrected chi connectivity index (χ1v) is 8.25. The first kappa shape index (κ1) is 22.4. The molecule has 1 fully saturated rings. The molecule has 1 saturated heterocycles. The van der Waals surface area contributed by atoms with Gasteiger partial charge in [-0.15, -0.1) is 0 Å². The van der Waals surface area contributed by atoms with Gasteiger partial charge in [-0.05, 0) is 0 Å². The number of primary amides is 1. The fraction of sp³-hybridized carbons (Fsp3) is 0.688. The summed E-state index contributed by atoms with van der Waals surface area (Å²) in [6.07, 6.45) is -0.894. The maximum atomic E-state index is 12.6. The Morgan fingerprint density at radius 3 is 2.07 bits per heavy atom. The molecule has 0 aromatic carbocycles. The number of nitrogens with two attached hydrogens (primary N) is 1. The van der Waals surface area contributed by atoms with Crippen LogP contribution in [0.1, 0.15) is 20.3 Å². The molecule has 0 aromatic rings. The molecular formula is C16H25N3O8. The Balaban J connectivity index is 3.05. The van der Waals surface area contributed by atoms with Crippen LogP contribution in [0.3, 0.4) is 0 Å². The molecule has 0 aliphatic carbocycles. The van der Waals surface area contributed by atoms with E-state index in [0.717, 1.165) is 14.2 Å². The monoisotopic (exact) mass is 387 g/mol. The van der Waals surface area contributed by atoms with Crippen LogP contribution in [-0.4, -0.2) is 78.6 Å². The minimum Gasteiger partial charge on any atom is -0.468 e. The van der Waals surface area contributed by atoms with Gasteiger partial charge in [0.1, 0.15) is 12.1 Å². The lowest BCUT2D eigenvalue weighted by Gasteiger charge is -2.29. The number of nitrogens with one attached hydrogen (secondary N) is 1. The highest BCUT2D eigenvalue weighted by Crippen LogP contribution is 2.22. The molecule has 0 unspecified atom stereocenters. The molecule has 11 nitrogen and oxygen atoms in total. The lowest BCUT2D eigenvalue weighted by molar-refractivity contribution is -0.162. The normalized spacial score (nSPS) is 21.3. The molecule has 0 saturated carbocycles. The molecule has 1 rings (SSSR count). The quantitative estimate of drug-likeness (QED) is 0.319. The van der Waals surface area contributed by atoms with Crippen LogP contribution >= 0.6 is 0 Å². The number of esters is 2. The van der Waals surface area contributed by atoms with E-state index in [1.54, 1.807) is 0 Å². The minimum atomic E-state index is -1.49. The second-order valence-corrected chi connectivity index (χ2v) is 6.35. The summed E-state index contributed by atoms with van der Waals surface area (Å²) in [5.74, 6) is -6.60. The smallest absolute Gasteiger partial charge is 0.320 e. The zero-order chi connectivity index (χ0) is 20.9. The maximum absolute atomic E-state index is 12.6. The van der Waals surface area contributed by atoms with Crippen molar-refractivity contribution in [2.24, 2.45) is 17.6 Å². The zero-order valence-electron chi connectivity index (χ0n) is 15.6. The third kappa shape index (κ3) is 5.16. The van der Waals surface area contributed by atoms with Gasteiger partial charge in [-0.25, -0.2) is 0 Å². The molecular weight excluding hydrogens is 362 g/mol. The SMILES string of the molecule is COC(=O)C(C(=O)OC)[C@@H](C)[C@H](NC(=O)[C@@H]1C[C@@H](O)CN1C(C)=O)C(N)=O. The number of amides is 3. The molecule has 1 aliphatic heterocycles. The molecule has 1 aliphatic rings. The molecule has 0 radical (unpaired) electrons. The summed E-state index contributed by atoms with van der Waals surface area (Å²) in [6.45, 7) is 2.59. The maximum Gasteiger partial charge on any atom is 0.320 e. The highest BCUT2D eigenvalue weighted by atomic mass is 16.5. The average Bonchev–Trinajstić information content (AvgIpc) is 3.00. The van der Waals surface area contributed by atoms with E-state index in [4.69, 9.17) is 5.73 Å². The van der Waals surface area contributed by atoms with Crippen LogP contribution in [0.4, 0.5) is 0 Å². The van der Waals surface area contributed by atoms with Gasteiger partial charge in [0.15, 0.2) is 5.92 Å². The van der Waals surface area contributed by atoms with E-state index < -0.39 is 59.7 Å². The molecule has 11 heteroatoms. The van der Waals surface area contributed by atoms with E-state index in [-0.39, 0.29) is 13.0 Å². The molecule has 0 bridgehead atoms. The number of aliphatic hydroxyl groups excluding tert-OH is 1. The van der Waals surface area contributed by atoms with E-state index in [1.165, 1.54) is 18.7 Å². The molecule has 0 spiro atoms. The number of nitrogens with zero attached hydrogens (tertiary/aromatic N) is 1. The predicted octanol–water partition coefficient (Wildman–Crippen LogP) is -2.46. The van der Waals surface area contributed by atoms with Crippen LogP contribution in [-0.2, 0) is 33.4 Å². The van der Waals surface area contributed by atoms with E-state index in [2.05, 4.69) is 14.8 Å². The number of β-amino-alcohol motifs (C(OH)–C–C–N with tert-alkyl or cyclic N) is 1. The largest absolute Gasteiger partial charge is 0.468 e. The summed E-state index contributed by atoms with van der Waals surface area (Å²) < 4.78 is 9.13. The summed E-state index contributed by atoms with van der Waals surface area (Å²) >= 11 is 0. The number of carbonyl (C=O) groups excluding carboxylic acids is 5. The van der Waals surface area contributed by atoms with E-state index in [9.17, 15) is 29.1 Å². The molecule has 3 amide bonds. The van der Waals surface area contributed by atoms with Crippen molar-refractivity contribution in [3.05, 3.63) is 0 Å². The molecule has 4 N–H and O–H groups in total. The number of ether oxygens (including phenoxy) is 2. The van der Waals surface area contributed by atoms with Gasteiger partial charge in [0.2, 0.25) is 17.7 Å². The van der Waals surface area contributed by atoms with Crippen molar-refractivity contribution >= 4 is 29.7 Å². The number of rotatable bonds is 7. The third-order valence-electron chi connectivity index (χ3n) is 4.55. The molecule has 1 heterocycles. The Kier molecular flexibility index (Phi) is 7.70. The Bertz CT molecular complexity index is 607. The highest BCUT2D eigenvalue weighted by molar-refractivity contribution is 5.97. The Labute approximate surface area is 156 Å². The van der Waals surface area contributed by atoms with E-state index in [1.807, 2.05) is 0 Å². The number of hydrogen-bond donors (Lipinski definition) is 3. The van der Waals surface area contributed by atoms with Crippen LogP contribution in [0.15, 0.2) is 0 Å². The van der Waals surface area contributed by atoms with Gasteiger partial charge < -0.3 is 30.5 Å². The van der Waals surface area contributed by atoms with Crippen LogP contribution in [0.2, 0.25) is 0 Å². The number of hydrogen-bond acceptors (Lipinski definition) is 8. The summed E-state index contributed by atoms with van der Waals surface area (Å²) in [4.78, 5) is 61.1. The summed E-state index contributed by atoms with van der Waals surface area (Å²) in [5, 5.41) is 12.1. The van der Waals surface area contributed by atoms with Crippen LogP contribution in [0, 0.1) is 11.8 Å². The Morgan fingerprint density at radius 2 is 1.67 bits per heavy atom. The van der Waals surface area contributed by atoms with Gasteiger partial charge in [-0.3, -0.25) is 24.0 Å².